The Hall–Kier alpha value is -1.96. The van der Waals surface area contributed by atoms with Crippen LogP contribution in [-0.2, 0) is 10.3 Å². The topological polar surface area (TPSA) is 102 Å². The van der Waals surface area contributed by atoms with Gasteiger partial charge in [0, 0.05) is 31.0 Å². The van der Waals surface area contributed by atoms with Crippen LogP contribution in [0.3, 0.4) is 0 Å². The molecule has 3 N–H and O–H groups in total. The second kappa shape index (κ2) is 7.96. The summed E-state index contributed by atoms with van der Waals surface area (Å²) in [5.74, 6) is 0.564. The molecule has 1 amide bonds. The van der Waals surface area contributed by atoms with Crippen molar-refractivity contribution in [1.29, 1.82) is 0 Å². The third-order valence-electron chi connectivity index (χ3n) is 4.67. The summed E-state index contributed by atoms with van der Waals surface area (Å²) in [6.45, 7) is 5.00. The molecule has 1 aliphatic rings. The number of likely N-dealkylation sites (tertiary alicyclic amines) is 1. The summed E-state index contributed by atoms with van der Waals surface area (Å²) in [6.07, 6.45) is 5.06. The smallest absolute Gasteiger partial charge is 0.223 e. The second-order valence-corrected chi connectivity index (χ2v) is 7.86. The van der Waals surface area contributed by atoms with Crippen molar-refractivity contribution >= 4 is 28.3 Å². The highest BCUT2D eigenvalue weighted by Crippen LogP contribution is 2.33. The molecule has 0 aliphatic carbocycles. The zero-order valence-electron chi connectivity index (χ0n) is 15.6. The fourth-order valence-electron chi connectivity index (χ4n) is 3.11. The fourth-order valence-corrected chi connectivity index (χ4v) is 3.27. The molecule has 0 bridgehead atoms. The number of rotatable bonds is 7. The van der Waals surface area contributed by atoms with Gasteiger partial charge in [-0.25, -0.2) is 9.97 Å². The molecule has 7 nitrogen and oxygen atoms in total. The van der Waals surface area contributed by atoms with E-state index in [1.165, 1.54) is 0 Å². The van der Waals surface area contributed by atoms with Gasteiger partial charge < -0.3 is 20.5 Å². The van der Waals surface area contributed by atoms with E-state index in [0.29, 0.717) is 43.4 Å². The molecule has 0 saturated carbocycles. The molecule has 1 saturated heterocycles. The predicted octanol–water partition coefficient (Wildman–Crippen LogP) is 2.23. The molecule has 1 aliphatic heterocycles. The van der Waals surface area contributed by atoms with Crippen LogP contribution in [0.25, 0.3) is 10.8 Å². The number of aromatic nitrogens is 2. The van der Waals surface area contributed by atoms with E-state index in [-0.39, 0.29) is 18.6 Å². The number of carbonyl (C=O) groups is 1. The lowest BCUT2D eigenvalue weighted by atomic mass is 9.93. The number of pyridine rings is 2. The first-order valence-corrected chi connectivity index (χ1v) is 9.46. The standard InChI is InChI=1S/C19H25ClN4O3/c1-19(2,21)15-9-23-18(14-8-22-16(20)7-13(14)15)27-12-10-24(11-12)17(26)5-3-4-6-25/h7-9,12,25H,3-6,10-11,21H2,1-2H3. The van der Waals surface area contributed by atoms with Gasteiger partial charge in [0.25, 0.3) is 0 Å². The summed E-state index contributed by atoms with van der Waals surface area (Å²) in [4.78, 5) is 22.4. The number of ether oxygens (including phenoxy) is 1. The normalized spacial score (nSPS) is 15.1. The zero-order chi connectivity index (χ0) is 19.6. The van der Waals surface area contributed by atoms with Gasteiger partial charge in [-0.05, 0) is 43.7 Å². The lowest BCUT2D eigenvalue weighted by Gasteiger charge is -2.39. The molecule has 2 aromatic rings. The van der Waals surface area contributed by atoms with Crippen molar-refractivity contribution in [3.63, 3.8) is 0 Å². The molecular formula is C19H25ClN4O3. The van der Waals surface area contributed by atoms with E-state index in [1.807, 2.05) is 13.8 Å². The van der Waals surface area contributed by atoms with Crippen LogP contribution in [-0.4, -0.2) is 51.7 Å². The Morgan fingerprint density at radius 2 is 2.07 bits per heavy atom. The van der Waals surface area contributed by atoms with Crippen LogP contribution in [0.15, 0.2) is 18.5 Å². The van der Waals surface area contributed by atoms with E-state index in [9.17, 15) is 4.79 Å². The highest BCUT2D eigenvalue weighted by atomic mass is 35.5. The largest absolute Gasteiger partial charge is 0.470 e. The molecule has 1 fully saturated rings. The number of aliphatic hydroxyl groups is 1. The highest BCUT2D eigenvalue weighted by molar-refractivity contribution is 6.30. The SMILES string of the molecule is CC(C)(N)c1cnc(OC2CN(C(=O)CCCCO)C2)c2cnc(Cl)cc12. The maximum Gasteiger partial charge on any atom is 0.223 e. The van der Waals surface area contributed by atoms with Crippen LogP contribution in [0, 0.1) is 0 Å². The van der Waals surface area contributed by atoms with Gasteiger partial charge in [-0.2, -0.15) is 0 Å². The summed E-state index contributed by atoms with van der Waals surface area (Å²) in [6, 6.07) is 1.77. The molecule has 0 atom stereocenters. The average Bonchev–Trinajstić information content (AvgIpc) is 2.56. The number of hydrogen-bond donors (Lipinski definition) is 2. The minimum Gasteiger partial charge on any atom is -0.470 e. The monoisotopic (exact) mass is 392 g/mol. The van der Waals surface area contributed by atoms with Crippen molar-refractivity contribution in [2.45, 2.75) is 44.8 Å². The lowest BCUT2D eigenvalue weighted by molar-refractivity contribution is -0.140. The summed E-state index contributed by atoms with van der Waals surface area (Å²) in [5.41, 5.74) is 6.54. The van der Waals surface area contributed by atoms with Crippen molar-refractivity contribution < 1.29 is 14.6 Å². The number of nitrogens with two attached hydrogens (primary N) is 1. The maximum atomic E-state index is 12.0. The Labute approximate surface area is 163 Å². The quantitative estimate of drug-likeness (QED) is 0.553. The molecule has 8 heteroatoms. The van der Waals surface area contributed by atoms with E-state index in [0.717, 1.165) is 16.3 Å². The number of fused-ring (bicyclic) bond motifs is 1. The molecule has 0 aromatic carbocycles. The fraction of sp³-hybridized carbons (Fsp3) is 0.526. The molecule has 3 rings (SSSR count). The Morgan fingerprint density at radius 1 is 1.33 bits per heavy atom. The van der Waals surface area contributed by atoms with E-state index in [1.54, 1.807) is 23.4 Å². The van der Waals surface area contributed by atoms with Crippen LogP contribution in [0.5, 0.6) is 5.88 Å². The van der Waals surface area contributed by atoms with Crippen molar-refractivity contribution in [3.05, 3.63) is 29.2 Å². The van der Waals surface area contributed by atoms with Gasteiger partial charge in [0.05, 0.1) is 18.5 Å². The minimum absolute atomic E-state index is 0.0924. The van der Waals surface area contributed by atoms with E-state index >= 15 is 0 Å². The molecule has 2 aromatic heterocycles. The van der Waals surface area contributed by atoms with Gasteiger partial charge in [0.1, 0.15) is 11.3 Å². The van der Waals surface area contributed by atoms with Gasteiger partial charge in [0.2, 0.25) is 11.8 Å². The molecular weight excluding hydrogens is 368 g/mol. The number of aliphatic hydroxyl groups excluding tert-OH is 1. The summed E-state index contributed by atoms with van der Waals surface area (Å²) in [5, 5.41) is 10.8. The van der Waals surface area contributed by atoms with Gasteiger partial charge >= 0.3 is 0 Å². The summed E-state index contributed by atoms with van der Waals surface area (Å²) in [7, 11) is 0. The number of halogens is 1. The van der Waals surface area contributed by atoms with E-state index in [2.05, 4.69) is 9.97 Å². The highest BCUT2D eigenvalue weighted by Gasteiger charge is 2.32. The Morgan fingerprint density at radius 3 is 2.74 bits per heavy atom. The molecule has 0 radical (unpaired) electrons. The van der Waals surface area contributed by atoms with Crippen LogP contribution < -0.4 is 10.5 Å². The van der Waals surface area contributed by atoms with Crippen molar-refractivity contribution in [3.8, 4) is 5.88 Å². The number of amides is 1. The summed E-state index contributed by atoms with van der Waals surface area (Å²) < 4.78 is 6.01. The van der Waals surface area contributed by atoms with Crippen LogP contribution in [0.2, 0.25) is 5.15 Å². The summed E-state index contributed by atoms with van der Waals surface area (Å²) >= 11 is 6.07. The lowest BCUT2D eigenvalue weighted by Crippen LogP contribution is -2.56. The van der Waals surface area contributed by atoms with Gasteiger partial charge in [-0.1, -0.05) is 11.6 Å². The molecule has 0 unspecified atom stereocenters. The third-order valence-corrected chi connectivity index (χ3v) is 4.88. The second-order valence-electron chi connectivity index (χ2n) is 7.47. The predicted molar refractivity (Wildman–Crippen MR) is 104 cm³/mol. The molecule has 27 heavy (non-hydrogen) atoms. The molecule has 3 heterocycles. The zero-order valence-corrected chi connectivity index (χ0v) is 16.4. The number of nitrogens with zero attached hydrogens (tertiary/aromatic N) is 3. The first-order chi connectivity index (χ1) is 12.8. The Balaban J connectivity index is 1.71. The molecule has 146 valence electrons. The number of hydrogen-bond acceptors (Lipinski definition) is 6. The first kappa shape index (κ1) is 19.8. The van der Waals surface area contributed by atoms with E-state index < -0.39 is 5.54 Å². The average molecular weight is 393 g/mol. The van der Waals surface area contributed by atoms with Crippen LogP contribution >= 0.6 is 11.6 Å². The van der Waals surface area contributed by atoms with Crippen LogP contribution in [0.1, 0.15) is 38.7 Å². The van der Waals surface area contributed by atoms with Gasteiger partial charge in [-0.3, -0.25) is 4.79 Å². The van der Waals surface area contributed by atoms with Crippen molar-refractivity contribution in [2.24, 2.45) is 5.73 Å². The van der Waals surface area contributed by atoms with E-state index in [4.69, 9.17) is 27.2 Å². The van der Waals surface area contributed by atoms with Gasteiger partial charge in [0.15, 0.2) is 0 Å². The van der Waals surface area contributed by atoms with Crippen molar-refractivity contribution in [1.82, 2.24) is 14.9 Å². The Kier molecular flexibility index (Phi) is 5.83. The van der Waals surface area contributed by atoms with Gasteiger partial charge in [-0.15, -0.1) is 0 Å². The third kappa shape index (κ3) is 4.48. The molecule has 0 spiro atoms. The minimum atomic E-state index is -0.581. The van der Waals surface area contributed by atoms with Crippen LogP contribution in [0.4, 0.5) is 0 Å². The maximum absolute atomic E-state index is 12.0. The first-order valence-electron chi connectivity index (χ1n) is 9.08. The number of unbranched alkanes of at least 4 members (excludes halogenated alkanes) is 1. The number of carbonyl (C=O) groups excluding carboxylic acids is 1. The van der Waals surface area contributed by atoms with Crippen molar-refractivity contribution in [2.75, 3.05) is 19.7 Å². The Bertz CT molecular complexity index is 832.